The Balaban J connectivity index is 0.00000208. The van der Waals surface area contributed by atoms with Crippen molar-refractivity contribution in [1.82, 2.24) is 5.32 Å². The second kappa shape index (κ2) is 7.37. The summed E-state index contributed by atoms with van der Waals surface area (Å²) in [6, 6.07) is 16.0. The fraction of sp³-hybridized carbons (Fsp3) is 0.350. The lowest BCUT2D eigenvalue weighted by Crippen LogP contribution is -2.41. The number of nitrogens with one attached hydrogen (secondary N) is 1. The Morgan fingerprint density at radius 1 is 1.17 bits per heavy atom. The molecule has 24 heavy (non-hydrogen) atoms. The van der Waals surface area contributed by atoms with Crippen molar-refractivity contribution in [1.29, 1.82) is 0 Å². The fourth-order valence-electron chi connectivity index (χ4n) is 3.35. The molecule has 2 aromatic carbocycles. The van der Waals surface area contributed by atoms with Crippen LogP contribution in [-0.2, 0) is 13.0 Å². The molecular formula is C20H25ClN2O. The molecule has 3 N–H and O–H groups in total. The number of aryl methyl sites for hydroxylation is 1. The van der Waals surface area contributed by atoms with Gasteiger partial charge in [-0.15, -0.1) is 12.4 Å². The van der Waals surface area contributed by atoms with E-state index in [9.17, 15) is 4.79 Å². The summed E-state index contributed by atoms with van der Waals surface area (Å²) >= 11 is 0. The number of halogens is 1. The SMILES string of the molecule is CC1(C)CCc2ccccc2C1NC(=O)c1ccc(CN)cc1.Cl. The number of nitrogens with two attached hydrogens (primary N) is 1. The van der Waals surface area contributed by atoms with Crippen molar-refractivity contribution in [2.24, 2.45) is 11.1 Å². The van der Waals surface area contributed by atoms with Crippen molar-refractivity contribution < 1.29 is 4.79 Å². The van der Waals surface area contributed by atoms with E-state index in [4.69, 9.17) is 5.73 Å². The van der Waals surface area contributed by atoms with Crippen molar-refractivity contribution >= 4 is 18.3 Å². The molecule has 1 amide bonds. The molecule has 0 heterocycles. The molecule has 4 heteroatoms. The van der Waals surface area contributed by atoms with Crippen LogP contribution in [0.15, 0.2) is 48.5 Å². The maximum absolute atomic E-state index is 12.7. The third kappa shape index (κ3) is 3.63. The average molecular weight is 345 g/mol. The van der Waals surface area contributed by atoms with Crippen molar-refractivity contribution in [2.75, 3.05) is 0 Å². The van der Waals surface area contributed by atoms with E-state index in [0.29, 0.717) is 12.1 Å². The molecule has 3 nitrogen and oxygen atoms in total. The number of rotatable bonds is 3. The van der Waals surface area contributed by atoms with Crippen LogP contribution in [0.1, 0.15) is 53.4 Å². The van der Waals surface area contributed by atoms with Crippen molar-refractivity contribution in [3.05, 3.63) is 70.8 Å². The number of hydrogen-bond acceptors (Lipinski definition) is 2. The van der Waals surface area contributed by atoms with Gasteiger partial charge in [0.05, 0.1) is 6.04 Å². The molecule has 1 unspecified atom stereocenters. The molecule has 128 valence electrons. The summed E-state index contributed by atoms with van der Waals surface area (Å²) in [6.45, 7) is 4.95. The summed E-state index contributed by atoms with van der Waals surface area (Å²) in [7, 11) is 0. The van der Waals surface area contributed by atoms with Crippen LogP contribution in [0.3, 0.4) is 0 Å². The van der Waals surface area contributed by atoms with Crippen molar-refractivity contribution in [3.63, 3.8) is 0 Å². The second-order valence-corrected chi connectivity index (χ2v) is 6.99. The van der Waals surface area contributed by atoms with Gasteiger partial charge in [0.15, 0.2) is 0 Å². The molecule has 0 bridgehead atoms. The predicted molar refractivity (Wildman–Crippen MR) is 100 cm³/mol. The molecule has 0 saturated carbocycles. The first-order valence-electron chi connectivity index (χ1n) is 8.19. The van der Waals surface area contributed by atoms with E-state index in [1.54, 1.807) is 0 Å². The maximum Gasteiger partial charge on any atom is 0.251 e. The first-order chi connectivity index (χ1) is 11.0. The van der Waals surface area contributed by atoms with Gasteiger partial charge in [-0.25, -0.2) is 0 Å². The number of carbonyl (C=O) groups excluding carboxylic acids is 1. The normalized spacial score (nSPS) is 18.2. The Hall–Kier alpha value is -1.84. The summed E-state index contributed by atoms with van der Waals surface area (Å²) in [5, 5.41) is 3.25. The summed E-state index contributed by atoms with van der Waals surface area (Å²) in [5.41, 5.74) is 9.96. The summed E-state index contributed by atoms with van der Waals surface area (Å²) in [6.07, 6.45) is 2.14. The quantitative estimate of drug-likeness (QED) is 0.883. The Morgan fingerprint density at radius 3 is 2.50 bits per heavy atom. The lowest BCUT2D eigenvalue weighted by molar-refractivity contribution is 0.0881. The van der Waals surface area contributed by atoms with E-state index in [-0.39, 0.29) is 29.8 Å². The van der Waals surface area contributed by atoms with E-state index in [1.165, 1.54) is 11.1 Å². The number of carbonyl (C=O) groups is 1. The van der Waals surface area contributed by atoms with E-state index in [0.717, 1.165) is 18.4 Å². The number of benzene rings is 2. The lowest BCUT2D eigenvalue weighted by atomic mass is 9.70. The van der Waals surface area contributed by atoms with Crippen LogP contribution in [0.25, 0.3) is 0 Å². The zero-order valence-corrected chi connectivity index (χ0v) is 15.0. The fourth-order valence-corrected chi connectivity index (χ4v) is 3.35. The second-order valence-electron chi connectivity index (χ2n) is 6.99. The van der Waals surface area contributed by atoms with Gasteiger partial charge in [-0.1, -0.05) is 50.2 Å². The van der Waals surface area contributed by atoms with E-state index in [2.05, 4.69) is 43.4 Å². The van der Waals surface area contributed by atoms with E-state index < -0.39 is 0 Å². The molecule has 0 fully saturated rings. The van der Waals surface area contributed by atoms with Gasteiger partial charge in [-0.05, 0) is 47.1 Å². The number of fused-ring (bicyclic) bond motifs is 1. The third-order valence-corrected chi connectivity index (χ3v) is 4.91. The molecule has 0 saturated heterocycles. The maximum atomic E-state index is 12.7. The monoisotopic (exact) mass is 344 g/mol. The van der Waals surface area contributed by atoms with Crippen LogP contribution in [0.4, 0.5) is 0 Å². The molecule has 1 atom stereocenters. The third-order valence-electron chi connectivity index (χ3n) is 4.91. The molecule has 1 aliphatic rings. The predicted octanol–water partition coefficient (Wildman–Crippen LogP) is 4.01. The van der Waals surface area contributed by atoms with Gasteiger partial charge >= 0.3 is 0 Å². The van der Waals surface area contributed by atoms with Gasteiger partial charge in [-0.2, -0.15) is 0 Å². The minimum atomic E-state index is -0.0247. The molecule has 0 radical (unpaired) electrons. The molecule has 1 aliphatic carbocycles. The first-order valence-corrected chi connectivity index (χ1v) is 8.19. The van der Waals surface area contributed by atoms with Crippen molar-refractivity contribution in [3.8, 4) is 0 Å². The van der Waals surface area contributed by atoms with Crippen molar-refractivity contribution in [2.45, 2.75) is 39.3 Å². The van der Waals surface area contributed by atoms with Crippen LogP contribution >= 0.6 is 12.4 Å². The smallest absolute Gasteiger partial charge is 0.251 e. The van der Waals surface area contributed by atoms with Gasteiger partial charge in [0.2, 0.25) is 0 Å². The van der Waals surface area contributed by atoms with Gasteiger partial charge in [0, 0.05) is 12.1 Å². The summed E-state index contributed by atoms with van der Waals surface area (Å²) < 4.78 is 0. The highest BCUT2D eigenvalue weighted by Crippen LogP contribution is 2.43. The zero-order chi connectivity index (χ0) is 16.4. The Labute approximate surface area is 150 Å². The molecule has 0 spiro atoms. The first kappa shape index (κ1) is 18.5. The van der Waals surface area contributed by atoms with Gasteiger partial charge in [0.1, 0.15) is 0 Å². The Bertz CT molecular complexity index is 710. The highest BCUT2D eigenvalue weighted by atomic mass is 35.5. The van der Waals surface area contributed by atoms with E-state index >= 15 is 0 Å². The number of hydrogen-bond donors (Lipinski definition) is 2. The lowest BCUT2D eigenvalue weighted by Gasteiger charge is -2.40. The Morgan fingerprint density at radius 2 is 1.83 bits per heavy atom. The van der Waals surface area contributed by atoms with Crippen LogP contribution < -0.4 is 11.1 Å². The molecule has 3 rings (SSSR count). The van der Waals surface area contributed by atoms with Crippen LogP contribution in [-0.4, -0.2) is 5.91 Å². The standard InChI is InChI=1S/C20H24N2O.ClH/c1-20(2)12-11-15-5-3-4-6-17(15)18(20)22-19(23)16-9-7-14(13-21)8-10-16;/h3-10,18H,11-13,21H2,1-2H3,(H,22,23);1H. The average Bonchev–Trinajstić information content (AvgIpc) is 2.57. The zero-order valence-electron chi connectivity index (χ0n) is 14.2. The van der Waals surface area contributed by atoms with E-state index in [1.807, 2.05) is 24.3 Å². The molecular weight excluding hydrogens is 320 g/mol. The van der Waals surface area contributed by atoms with Crippen LogP contribution in [0, 0.1) is 5.41 Å². The Kier molecular flexibility index (Phi) is 5.68. The minimum Gasteiger partial charge on any atom is -0.345 e. The molecule has 0 aromatic heterocycles. The highest BCUT2D eigenvalue weighted by Gasteiger charge is 2.36. The minimum absolute atomic E-state index is 0. The van der Waals surface area contributed by atoms with Gasteiger partial charge in [-0.3, -0.25) is 4.79 Å². The topological polar surface area (TPSA) is 55.1 Å². The summed E-state index contributed by atoms with van der Waals surface area (Å²) in [4.78, 5) is 12.7. The number of amides is 1. The molecule has 0 aliphatic heterocycles. The summed E-state index contributed by atoms with van der Waals surface area (Å²) in [5.74, 6) is -0.0247. The van der Waals surface area contributed by atoms with Crippen LogP contribution in [0.5, 0.6) is 0 Å². The van der Waals surface area contributed by atoms with Crippen LogP contribution in [0.2, 0.25) is 0 Å². The largest absolute Gasteiger partial charge is 0.345 e. The highest BCUT2D eigenvalue weighted by molar-refractivity contribution is 5.94. The van der Waals surface area contributed by atoms with Gasteiger partial charge in [0.25, 0.3) is 5.91 Å². The van der Waals surface area contributed by atoms with Gasteiger partial charge < -0.3 is 11.1 Å². The molecule has 2 aromatic rings.